The lowest BCUT2D eigenvalue weighted by atomic mass is 10.0. The van der Waals surface area contributed by atoms with E-state index in [1.54, 1.807) is 22.6 Å². The molecule has 0 bridgehead atoms. The molecule has 2 aromatic heterocycles. The number of rotatable bonds is 4. The zero-order valence-electron chi connectivity index (χ0n) is 20.4. The number of fused-ring (bicyclic) bond motifs is 2. The van der Waals surface area contributed by atoms with Crippen LogP contribution in [-0.2, 0) is 22.7 Å². The van der Waals surface area contributed by atoms with E-state index in [1.807, 2.05) is 12.1 Å². The number of nitrogens with one attached hydrogen (secondary N) is 1. The maximum Gasteiger partial charge on any atom is 0.255 e. The van der Waals surface area contributed by atoms with Gasteiger partial charge in [-0.05, 0) is 43.0 Å². The molecular weight excluding hydrogens is 476 g/mol. The van der Waals surface area contributed by atoms with Gasteiger partial charge in [0, 0.05) is 56.1 Å². The lowest BCUT2D eigenvalue weighted by Gasteiger charge is -2.35. The fraction of sp³-hybridized carbons (Fsp3) is 0.423. The number of hydrogen-bond donors (Lipinski definition) is 1. The first-order valence-corrected chi connectivity index (χ1v) is 13.1. The molecule has 1 aromatic carbocycles. The second kappa shape index (κ2) is 8.94. The smallest absolute Gasteiger partial charge is 0.255 e. The molecule has 2 saturated heterocycles. The first-order valence-electron chi connectivity index (χ1n) is 12.3. The maximum atomic E-state index is 12.9. The van der Waals surface area contributed by atoms with Gasteiger partial charge in [0.25, 0.3) is 5.91 Å². The highest BCUT2D eigenvalue weighted by Gasteiger charge is 2.39. The predicted octanol–water partition coefficient (Wildman–Crippen LogP) is 2.39. The largest absolute Gasteiger partial charge is 0.353 e. The summed E-state index contributed by atoms with van der Waals surface area (Å²) in [6, 6.07) is 5.41. The minimum atomic E-state index is -0.581. The second-order valence-electron chi connectivity index (χ2n) is 9.82. The van der Waals surface area contributed by atoms with Crippen molar-refractivity contribution >= 4 is 45.1 Å². The van der Waals surface area contributed by atoms with Crippen molar-refractivity contribution in [1.82, 2.24) is 25.1 Å². The summed E-state index contributed by atoms with van der Waals surface area (Å²) in [4.78, 5) is 54.6. The molecule has 3 aliphatic rings. The minimum Gasteiger partial charge on any atom is -0.353 e. The Bertz CT molecular complexity index is 1390. The van der Waals surface area contributed by atoms with Crippen molar-refractivity contribution in [3.8, 4) is 0 Å². The number of anilines is 1. The van der Waals surface area contributed by atoms with E-state index in [-0.39, 0.29) is 24.1 Å². The first-order chi connectivity index (χ1) is 17.4. The molecule has 10 heteroatoms. The SMILES string of the molecule is Cc1sc2ncnc(N3CCN(Cc4ccc5c(c4)CN(C4CCC(=O)NC4=O)C5=O)CC3)c2c1C. The summed E-state index contributed by atoms with van der Waals surface area (Å²) in [6.45, 7) is 9.14. The van der Waals surface area contributed by atoms with E-state index in [0.717, 1.165) is 54.5 Å². The maximum absolute atomic E-state index is 12.9. The van der Waals surface area contributed by atoms with Crippen LogP contribution >= 0.6 is 11.3 Å². The number of carbonyl (C=O) groups is 3. The summed E-state index contributed by atoms with van der Waals surface area (Å²) in [5.74, 6) is 0.257. The highest BCUT2D eigenvalue weighted by Crippen LogP contribution is 2.35. The molecule has 1 unspecified atom stereocenters. The summed E-state index contributed by atoms with van der Waals surface area (Å²) in [7, 11) is 0. The van der Waals surface area contributed by atoms with Gasteiger partial charge in [-0.15, -0.1) is 11.3 Å². The summed E-state index contributed by atoms with van der Waals surface area (Å²) >= 11 is 1.73. The number of amides is 3. The third-order valence-corrected chi connectivity index (χ3v) is 8.73. The number of nitrogens with zero attached hydrogens (tertiary/aromatic N) is 5. The fourth-order valence-electron chi connectivity index (χ4n) is 5.51. The van der Waals surface area contributed by atoms with E-state index >= 15 is 0 Å². The molecule has 0 aliphatic carbocycles. The third-order valence-electron chi connectivity index (χ3n) is 7.61. The molecule has 36 heavy (non-hydrogen) atoms. The van der Waals surface area contributed by atoms with Crippen LogP contribution in [-0.4, -0.2) is 69.7 Å². The summed E-state index contributed by atoms with van der Waals surface area (Å²) in [5, 5.41) is 3.54. The van der Waals surface area contributed by atoms with Crippen molar-refractivity contribution in [2.75, 3.05) is 31.1 Å². The average Bonchev–Trinajstić information content (AvgIpc) is 3.35. The molecule has 0 saturated carbocycles. The van der Waals surface area contributed by atoms with Crippen molar-refractivity contribution < 1.29 is 14.4 Å². The quantitative estimate of drug-likeness (QED) is 0.545. The second-order valence-corrected chi connectivity index (χ2v) is 11.0. The lowest BCUT2D eigenvalue weighted by molar-refractivity contribution is -0.136. The Kier molecular flexibility index (Phi) is 5.72. The number of piperazine rings is 1. The summed E-state index contributed by atoms with van der Waals surface area (Å²) < 4.78 is 0. The molecule has 6 rings (SSSR count). The number of hydrogen-bond acceptors (Lipinski definition) is 8. The monoisotopic (exact) mass is 504 g/mol. The van der Waals surface area contributed by atoms with Gasteiger partial charge in [-0.1, -0.05) is 12.1 Å². The first kappa shape index (κ1) is 23.1. The van der Waals surface area contributed by atoms with Crippen molar-refractivity contribution in [3.63, 3.8) is 0 Å². The highest BCUT2D eigenvalue weighted by atomic mass is 32.1. The number of imide groups is 1. The van der Waals surface area contributed by atoms with E-state index in [1.165, 1.54) is 15.8 Å². The number of benzene rings is 1. The van der Waals surface area contributed by atoms with Crippen LogP contribution < -0.4 is 10.2 Å². The van der Waals surface area contributed by atoms with E-state index < -0.39 is 6.04 Å². The van der Waals surface area contributed by atoms with Gasteiger partial charge in [0.1, 0.15) is 23.0 Å². The van der Waals surface area contributed by atoms with Crippen LogP contribution in [0.4, 0.5) is 5.82 Å². The standard InChI is InChI=1S/C26H28N6O3S/c1-15-16(2)36-25-22(15)23(27-14-28-25)31-9-7-30(8-10-31)12-17-3-4-19-18(11-17)13-32(26(19)35)20-5-6-21(33)29-24(20)34/h3-4,11,14,20H,5-10,12-13H2,1-2H3,(H,29,33,34). The average molecular weight is 505 g/mol. The summed E-state index contributed by atoms with van der Waals surface area (Å²) in [6.07, 6.45) is 2.31. The molecule has 3 aromatic rings. The molecular formula is C26H28N6O3S. The Labute approximate surface area is 213 Å². The lowest BCUT2D eigenvalue weighted by Crippen LogP contribution is -2.52. The normalized spacial score (nSPS) is 20.8. The number of aryl methyl sites for hydroxylation is 2. The van der Waals surface area contributed by atoms with Crippen molar-refractivity contribution in [1.29, 1.82) is 0 Å². The number of thiophene rings is 1. The molecule has 0 spiro atoms. The van der Waals surface area contributed by atoms with Gasteiger partial charge in [0.05, 0.1) is 5.39 Å². The van der Waals surface area contributed by atoms with Crippen LogP contribution in [0.15, 0.2) is 24.5 Å². The Morgan fingerprint density at radius 3 is 2.67 bits per heavy atom. The molecule has 1 atom stereocenters. The van der Waals surface area contributed by atoms with Gasteiger partial charge in [-0.2, -0.15) is 0 Å². The van der Waals surface area contributed by atoms with E-state index in [2.05, 4.69) is 45.0 Å². The molecule has 2 fully saturated rings. The molecule has 0 radical (unpaired) electrons. The minimum absolute atomic E-state index is 0.130. The zero-order chi connectivity index (χ0) is 25.0. The van der Waals surface area contributed by atoms with Crippen LogP contribution in [0.1, 0.15) is 44.8 Å². The Morgan fingerprint density at radius 2 is 1.89 bits per heavy atom. The van der Waals surface area contributed by atoms with Gasteiger partial charge in [0.15, 0.2) is 0 Å². The molecule has 3 amide bonds. The number of aromatic nitrogens is 2. The van der Waals surface area contributed by atoms with Crippen LogP contribution in [0.3, 0.4) is 0 Å². The molecule has 1 N–H and O–H groups in total. The van der Waals surface area contributed by atoms with Gasteiger partial charge in [-0.25, -0.2) is 9.97 Å². The Morgan fingerprint density at radius 1 is 1.08 bits per heavy atom. The van der Waals surface area contributed by atoms with Gasteiger partial charge in [0.2, 0.25) is 11.8 Å². The Balaban J connectivity index is 1.11. The van der Waals surface area contributed by atoms with Crippen LogP contribution in [0, 0.1) is 13.8 Å². The highest BCUT2D eigenvalue weighted by molar-refractivity contribution is 7.18. The van der Waals surface area contributed by atoms with E-state index in [9.17, 15) is 14.4 Å². The van der Waals surface area contributed by atoms with Crippen LogP contribution in [0.2, 0.25) is 0 Å². The van der Waals surface area contributed by atoms with Crippen molar-refractivity contribution in [2.24, 2.45) is 0 Å². The molecule has 9 nitrogen and oxygen atoms in total. The van der Waals surface area contributed by atoms with Gasteiger partial charge < -0.3 is 9.80 Å². The van der Waals surface area contributed by atoms with E-state index in [0.29, 0.717) is 18.5 Å². The third kappa shape index (κ3) is 3.94. The van der Waals surface area contributed by atoms with Gasteiger partial charge >= 0.3 is 0 Å². The fourth-order valence-corrected chi connectivity index (χ4v) is 6.50. The van der Waals surface area contributed by atoms with Crippen molar-refractivity contribution in [3.05, 3.63) is 51.7 Å². The number of carbonyl (C=O) groups excluding carboxylic acids is 3. The molecule has 186 valence electrons. The Hall–Kier alpha value is -3.37. The summed E-state index contributed by atoms with van der Waals surface area (Å²) in [5.41, 5.74) is 4.04. The number of piperidine rings is 1. The van der Waals surface area contributed by atoms with Gasteiger partial charge in [-0.3, -0.25) is 24.6 Å². The van der Waals surface area contributed by atoms with Crippen LogP contribution in [0.5, 0.6) is 0 Å². The van der Waals surface area contributed by atoms with Crippen LogP contribution in [0.25, 0.3) is 10.2 Å². The molecule has 5 heterocycles. The van der Waals surface area contributed by atoms with Crippen molar-refractivity contribution in [2.45, 2.75) is 45.8 Å². The zero-order valence-corrected chi connectivity index (χ0v) is 21.2. The predicted molar refractivity (Wildman–Crippen MR) is 137 cm³/mol. The molecule has 3 aliphatic heterocycles. The van der Waals surface area contributed by atoms with E-state index in [4.69, 9.17) is 0 Å². The topological polar surface area (TPSA) is 98.7 Å².